The van der Waals surface area contributed by atoms with Crippen LogP contribution in [0.2, 0.25) is 0 Å². The number of esters is 1. The van der Waals surface area contributed by atoms with Crippen molar-refractivity contribution in [1.82, 2.24) is 0 Å². The highest BCUT2D eigenvalue weighted by molar-refractivity contribution is 6.18. The minimum Gasteiger partial charge on any atom is -0.509 e. The largest absolute Gasteiger partial charge is 0.509 e. The number of halogens is 1. The molecule has 0 saturated heterocycles. The Labute approximate surface area is 109 Å². The predicted octanol–water partition coefficient (Wildman–Crippen LogP) is 1.15. The average molecular weight is 279 g/mol. The van der Waals surface area contributed by atoms with Gasteiger partial charge in [0.1, 0.15) is 12.4 Å². The molecule has 3 N–H and O–H groups in total. The van der Waals surface area contributed by atoms with Crippen LogP contribution in [0.4, 0.5) is 0 Å². The lowest BCUT2D eigenvalue weighted by molar-refractivity contribution is -0.146. The predicted molar refractivity (Wildman–Crippen MR) is 63.2 cm³/mol. The van der Waals surface area contributed by atoms with Gasteiger partial charge in [-0.25, -0.2) is 4.79 Å². The van der Waals surface area contributed by atoms with Gasteiger partial charge in [0, 0.05) is 0 Å². The summed E-state index contributed by atoms with van der Waals surface area (Å²) in [5, 5.41) is 28.9. The molecular formula is C11H15ClO6. The Morgan fingerprint density at radius 1 is 1.56 bits per heavy atom. The lowest BCUT2D eigenvalue weighted by Crippen LogP contribution is -2.32. The van der Waals surface area contributed by atoms with Crippen LogP contribution in [-0.2, 0) is 14.3 Å². The third-order valence-electron chi connectivity index (χ3n) is 2.33. The van der Waals surface area contributed by atoms with Gasteiger partial charge in [-0.1, -0.05) is 0 Å². The molecule has 0 aromatic rings. The van der Waals surface area contributed by atoms with Crippen molar-refractivity contribution in [3.8, 4) is 0 Å². The molecular weight excluding hydrogens is 264 g/mol. The molecule has 1 heterocycles. The molecule has 0 aromatic heterocycles. The van der Waals surface area contributed by atoms with E-state index in [1.165, 1.54) is 0 Å². The summed E-state index contributed by atoms with van der Waals surface area (Å²) in [5.74, 6) is -2.14. The van der Waals surface area contributed by atoms with E-state index in [2.05, 4.69) is 0 Å². The first-order valence-corrected chi connectivity index (χ1v) is 5.80. The molecule has 2 atom stereocenters. The molecule has 1 aliphatic rings. The lowest BCUT2D eigenvalue weighted by Gasteiger charge is -2.20. The zero-order chi connectivity index (χ0) is 13.9. The fraction of sp³-hybridized carbons (Fsp3) is 0.545. The van der Waals surface area contributed by atoms with Crippen LogP contribution in [0.15, 0.2) is 22.9 Å². The fourth-order valence-electron chi connectivity index (χ4n) is 1.41. The van der Waals surface area contributed by atoms with E-state index in [4.69, 9.17) is 21.1 Å². The maximum atomic E-state index is 11.2. The van der Waals surface area contributed by atoms with Crippen molar-refractivity contribution in [2.24, 2.45) is 0 Å². The van der Waals surface area contributed by atoms with Crippen LogP contribution in [0.3, 0.4) is 0 Å². The Morgan fingerprint density at radius 2 is 2.17 bits per heavy atom. The number of alkyl halides is 1. The number of hydrogen-bond donors (Lipinski definition) is 3. The van der Waals surface area contributed by atoms with Crippen molar-refractivity contribution in [3.63, 3.8) is 0 Å². The number of allylic oxidation sites excluding steroid dienone is 1. The minimum absolute atomic E-state index is 0.0381. The molecule has 1 rings (SSSR count). The Morgan fingerprint density at radius 3 is 2.67 bits per heavy atom. The first kappa shape index (κ1) is 14.7. The Balaban J connectivity index is 2.95. The van der Waals surface area contributed by atoms with Gasteiger partial charge >= 0.3 is 5.97 Å². The summed E-state index contributed by atoms with van der Waals surface area (Å²) >= 11 is 5.43. The standard InChI is InChI=1S/C11H15ClO6/c1-5(2)6(13)7(14)10-9(17-4-3-12)8(15)11(16)18-10/h7,10,13-15H,3-4H2,1-2H3/t7-,10+/m0/s1. The molecule has 0 aliphatic carbocycles. The van der Waals surface area contributed by atoms with Gasteiger partial charge in [0.2, 0.25) is 5.76 Å². The molecule has 102 valence electrons. The lowest BCUT2D eigenvalue weighted by atomic mass is 10.1. The SMILES string of the molecule is CC(C)=C(O)[C@H](O)[C@H]1OC(=O)C(O)=C1OCCCl. The zero-order valence-corrected chi connectivity index (χ0v) is 10.8. The van der Waals surface area contributed by atoms with Crippen LogP contribution in [-0.4, -0.2) is 46.0 Å². The molecule has 18 heavy (non-hydrogen) atoms. The van der Waals surface area contributed by atoms with E-state index in [1.807, 2.05) is 0 Å². The van der Waals surface area contributed by atoms with E-state index in [0.717, 1.165) is 0 Å². The summed E-state index contributed by atoms with van der Waals surface area (Å²) in [6.45, 7) is 3.20. The van der Waals surface area contributed by atoms with Crippen molar-refractivity contribution in [1.29, 1.82) is 0 Å². The molecule has 0 fully saturated rings. The van der Waals surface area contributed by atoms with Gasteiger partial charge in [0.25, 0.3) is 0 Å². The summed E-state index contributed by atoms with van der Waals surface area (Å²) in [4.78, 5) is 11.2. The highest BCUT2D eigenvalue weighted by Crippen LogP contribution is 2.27. The fourth-order valence-corrected chi connectivity index (χ4v) is 1.48. The van der Waals surface area contributed by atoms with E-state index >= 15 is 0 Å². The van der Waals surface area contributed by atoms with E-state index in [1.54, 1.807) is 13.8 Å². The van der Waals surface area contributed by atoms with Crippen LogP contribution >= 0.6 is 11.6 Å². The van der Waals surface area contributed by atoms with Gasteiger partial charge in [0.05, 0.1) is 5.88 Å². The average Bonchev–Trinajstić information content (AvgIpc) is 2.61. The number of aliphatic hydroxyl groups excluding tert-OH is 3. The van der Waals surface area contributed by atoms with E-state index < -0.39 is 23.9 Å². The number of rotatable bonds is 5. The molecule has 7 heteroatoms. The molecule has 1 aliphatic heterocycles. The van der Waals surface area contributed by atoms with Crippen LogP contribution in [0.1, 0.15) is 13.8 Å². The van der Waals surface area contributed by atoms with Crippen LogP contribution in [0, 0.1) is 0 Å². The van der Waals surface area contributed by atoms with Crippen molar-refractivity contribution in [2.45, 2.75) is 26.1 Å². The monoisotopic (exact) mass is 278 g/mol. The van der Waals surface area contributed by atoms with Crippen LogP contribution in [0.5, 0.6) is 0 Å². The Kier molecular flexibility index (Phi) is 4.86. The summed E-state index contributed by atoms with van der Waals surface area (Å²) in [6, 6.07) is 0. The zero-order valence-electron chi connectivity index (χ0n) is 10.0. The highest BCUT2D eigenvalue weighted by Gasteiger charge is 2.42. The normalized spacial score (nSPS) is 20.7. The highest BCUT2D eigenvalue weighted by atomic mass is 35.5. The van der Waals surface area contributed by atoms with E-state index in [9.17, 15) is 20.1 Å². The van der Waals surface area contributed by atoms with Gasteiger partial charge in [-0.15, -0.1) is 11.6 Å². The van der Waals surface area contributed by atoms with Gasteiger partial charge in [-0.05, 0) is 19.4 Å². The molecule has 0 unspecified atom stereocenters. The number of aliphatic hydroxyl groups is 3. The number of carbonyl (C=O) groups is 1. The molecule has 6 nitrogen and oxygen atoms in total. The smallest absolute Gasteiger partial charge is 0.378 e. The number of carbonyl (C=O) groups excluding carboxylic acids is 1. The third kappa shape index (κ3) is 2.88. The summed E-state index contributed by atoms with van der Waals surface area (Å²) in [7, 11) is 0. The maximum Gasteiger partial charge on any atom is 0.378 e. The first-order valence-electron chi connectivity index (χ1n) is 5.27. The molecule has 0 aromatic carbocycles. The quantitative estimate of drug-likeness (QED) is 0.397. The summed E-state index contributed by atoms with van der Waals surface area (Å²) in [5.41, 5.74) is 0.460. The maximum absolute atomic E-state index is 11.2. The topological polar surface area (TPSA) is 96.2 Å². The second-order valence-electron chi connectivity index (χ2n) is 3.91. The first-order chi connectivity index (χ1) is 8.40. The third-order valence-corrected chi connectivity index (χ3v) is 2.49. The van der Waals surface area contributed by atoms with E-state index in [0.29, 0.717) is 5.57 Å². The number of hydrogen-bond acceptors (Lipinski definition) is 6. The number of cyclic esters (lactones) is 1. The number of ether oxygens (including phenoxy) is 2. The summed E-state index contributed by atoms with van der Waals surface area (Å²) < 4.78 is 9.80. The van der Waals surface area contributed by atoms with Crippen molar-refractivity contribution in [3.05, 3.63) is 22.9 Å². The summed E-state index contributed by atoms with van der Waals surface area (Å²) in [6.07, 6.45) is -2.76. The van der Waals surface area contributed by atoms with Gasteiger partial charge < -0.3 is 24.8 Å². The second kappa shape index (κ2) is 5.97. The van der Waals surface area contributed by atoms with Gasteiger partial charge in [0.15, 0.2) is 18.0 Å². The minimum atomic E-state index is -1.49. The second-order valence-corrected chi connectivity index (χ2v) is 4.28. The Hall–Kier alpha value is -1.40. The van der Waals surface area contributed by atoms with Crippen molar-refractivity contribution in [2.75, 3.05) is 12.5 Å². The molecule has 0 spiro atoms. The molecule has 0 radical (unpaired) electrons. The van der Waals surface area contributed by atoms with Gasteiger partial charge in [-0.3, -0.25) is 0 Å². The van der Waals surface area contributed by atoms with E-state index in [-0.39, 0.29) is 24.0 Å². The molecule has 0 saturated carbocycles. The van der Waals surface area contributed by atoms with Crippen molar-refractivity contribution >= 4 is 17.6 Å². The van der Waals surface area contributed by atoms with Crippen LogP contribution < -0.4 is 0 Å². The van der Waals surface area contributed by atoms with Crippen LogP contribution in [0.25, 0.3) is 0 Å². The van der Waals surface area contributed by atoms with Crippen molar-refractivity contribution < 1.29 is 29.6 Å². The Bertz CT molecular complexity index is 396. The van der Waals surface area contributed by atoms with Gasteiger partial charge in [-0.2, -0.15) is 0 Å². The molecule has 0 amide bonds. The molecule has 0 bridgehead atoms.